The van der Waals surface area contributed by atoms with Crippen molar-refractivity contribution < 1.29 is 0 Å². The maximum Gasteiger partial charge on any atom is 0.0443 e. The predicted octanol–water partition coefficient (Wildman–Crippen LogP) is 9.54. The Morgan fingerprint density at radius 2 is 1.61 bits per heavy atom. The summed E-state index contributed by atoms with van der Waals surface area (Å²) in [4.78, 5) is 2.26. The second-order valence-corrected chi connectivity index (χ2v) is 9.71. The van der Waals surface area contributed by atoms with Crippen LogP contribution in [0, 0.1) is 20.8 Å². The zero-order valence-electron chi connectivity index (χ0n) is 22.3. The van der Waals surface area contributed by atoms with E-state index in [4.69, 9.17) is 0 Å². The third-order valence-corrected chi connectivity index (χ3v) is 7.14. The van der Waals surface area contributed by atoms with Gasteiger partial charge in [0.2, 0.25) is 0 Å². The molecule has 0 radical (unpaired) electrons. The Hall–Kier alpha value is -3.84. The lowest BCUT2D eigenvalue weighted by atomic mass is 9.87. The van der Waals surface area contributed by atoms with Crippen molar-refractivity contribution in [1.82, 2.24) is 0 Å². The van der Waals surface area contributed by atoms with E-state index in [0.29, 0.717) is 0 Å². The number of nitrogens with zero attached hydrogens (tertiary/aromatic N) is 1. The summed E-state index contributed by atoms with van der Waals surface area (Å²) in [6.45, 7) is 12.6. The van der Waals surface area contributed by atoms with E-state index in [2.05, 4.69) is 131 Å². The van der Waals surface area contributed by atoms with Crippen LogP contribution in [-0.2, 0) is 0 Å². The average molecular weight is 472 g/mol. The quantitative estimate of drug-likeness (QED) is 0.310. The van der Waals surface area contributed by atoms with Gasteiger partial charge >= 0.3 is 0 Å². The van der Waals surface area contributed by atoms with Gasteiger partial charge in [-0.2, -0.15) is 0 Å². The van der Waals surface area contributed by atoms with E-state index in [-0.39, 0.29) is 0 Å². The van der Waals surface area contributed by atoms with Crippen LogP contribution in [0.1, 0.15) is 42.0 Å². The van der Waals surface area contributed by atoms with E-state index in [9.17, 15) is 0 Å². The third-order valence-electron chi connectivity index (χ3n) is 7.14. The smallest absolute Gasteiger partial charge is 0.0443 e. The maximum atomic E-state index is 3.89. The van der Waals surface area contributed by atoms with Crippen LogP contribution in [0.2, 0.25) is 0 Å². The summed E-state index contributed by atoms with van der Waals surface area (Å²) < 4.78 is 0. The molecule has 0 saturated heterocycles. The summed E-state index contributed by atoms with van der Waals surface area (Å²) in [6, 6.07) is 24.3. The molecule has 0 saturated carbocycles. The number of hydrogen-bond donors (Lipinski definition) is 0. The Balaban J connectivity index is 1.74. The zero-order valence-corrected chi connectivity index (χ0v) is 22.3. The molecule has 0 aromatic heterocycles. The molecule has 0 amide bonds. The molecule has 3 aromatic carbocycles. The highest BCUT2D eigenvalue weighted by Gasteiger charge is 2.15. The molecule has 0 unspecified atom stereocenters. The summed E-state index contributed by atoms with van der Waals surface area (Å²) in [7, 11) is 2.14. The molecular weight excluding hydrogens is 434 g/mol. The highest BCUT2D eigenvalue weighted by atomic mass is 15.1. The monoisotopic (exact) mass is 471 g/mol. The zero-order chi connectivity index (χ0) is 25.7. The standard InChI is InChI=1S/C35H37N/c1-7-8-16-35(36(6)32-21-17-25(2)18-22-32)28(5)29-13-11-14-30(23-29)31-20-19-27(4)34(24-31)33-15-10-9-12-26(33)3/h7-10,12-13,15-24H,1,11,14H2,2-6H3/b16-8-,35-28-. The van der Waals surface area contributed by atoms with Crippen molar-refractivity contribution in [3.05, 3.63) is 143 Å². The molecule has 0 spiro atoms. The van der Waals surface area contributed by atoms with Crippen LogP contribution in [0.15, 0.2) is 121 Å². The first-order valence-corrected chi connectivity index (χ1v) is 12.8. The topological polar surface area (TPSA) is 3.24 Å². The van der Waals surface area contributed by atoms with E-state index >= 15 is 0 Å². The Morgan fingerprint density at radius 1 is 0.889 bits per heavy atom. The van der Waals surface area contributed by atoms with Crippen LogP contribution in [0.4, 0.5) is 5.69 Å². The van der Waals surface area contributed by atoms with Crippen molar-refractivity contribution in [1.29, 1.82) is 0 Å². The molecule has 1 nitrogen and oxygen atoms in total. The fraction of sp³-hybridized carbons (Fsp3) is 0.200. The van der Waals surface area contributed by atoms with Crippen LogP contribution >= 0.6 is 0 Å². The van der Waals surface area contributed by atoms with Crippen LogP contribution in [0.3, 0.4) is 0 Å². The lowest BCUT2D eigenvalue weighted by Crippen LogP contribution is -2.17. The molecule has 1 heteroatoms. The summed E-state index contributed by atoms with van der Waals surface area (Å²) in [5, 5.41) is 0. The molecule has 0 heterocycles. The first kappa shape index (κ1) is 25.3. The summed E-state index contributed by atoms with van der Waals surface area (Å²) in [5.41, 5.74) is 14.1. The van der Waals surface area contributed by atoms with Gasteiger partial charge in [0.1, 0.15) is 0 Å². The fourth-order valence-electron chi connectivity index (χ4n) is 4.88. The summed E-state index contributed by atoms with van der Waals surface area (Å²) in [5.74, 6) is 0. The molecule has 0 fully saturated rings. The van der Waals surface area contributed by atoms with Gasteiger partial charge in [0.05, 0.1) is 0 Å². The first-order valence-electron chi connectivity index (χ1n) is 12.8. The third kappa shape index (κ3) is 5.52. The molecular formula is C35H37N. The minimum Gasteiger partial charge on any atom is -0.344 e. The number of likely N-dealkylation sites (N-methyl/N-ethyl adjacent to an activating group) is 1. The van der Waals surface area contributed by atoms with E-state index in [0.717, 1.165) is 12.8 Å². The molecule has 1 aliphatic carbocycles. The van der Waals surface area contributed by atoms with E-state index in [1.54, 1.807) is 0 Å². The van der Waals surface area contributed by atoms with E-state index in [1.807, 2.05) is 12.2 Å². The minimum absolute atomic E-state index is 1.04. The number of aryl methyl sites for hydroxylation is 3. The number of hydrogen-bond acceptors (Lipinski definition) is 1. The maximum absolute atomic E-state index is 3.89. The normalized spacial score (nSPS) is 14.2. The highest BCUT2D eigenvalue weighted by Crippen LogP contribution is 2.35. The van der Waals surface area contributed by atoms with Gasteiger partial charge in [-0.15, -0.1) is 0 Å². The summed E-state index contributed by atoms with van der Waals surface area (Å²) >= 11 is 0. The molecule has 36 heavy (non-hydrogen) atoms. The Bertz CT molecular complexity index is 1380. The Morgan fingerprint density at radius 3 is 2.33 bits per heavy atom. The molecule has 0 N–H and O–H groups in total. The van der Waals surface area contributed by atoms with Crippen LogP contribution < -0.4 is 4.90 Å². The van der Waals surface area contributed by atoms with Crippen LogP contribution in [0.5, 0.6) is 0 Å². The van der Waals surface area contributed by atoms with E-state index in [1.165, 1.54) is 61.5 Å². The first-order chi connectivity index (χ1) is 17.4. The van der Waals surface area contributed by atoms with Gasteiger partial charge in [-0.25, -0.2) is 0 Å². The molecule has 0 atom stereocenters. The Kier molecular flexibility index (Phi) is 7.90. The van der Waals surface area contributed by atoms with Gasteiger partial charge in [-0.05, 0) is 109 Å². The van der Waals surface area contributed by atoms with Gasteiger partial charge in [-0.3, -0.25) is 0 Å². The number of anilines is 1. The van der Waals surface area contributed by atoms with Crippen molar-refractivity contribution in [2.24, 2.45) is 0 Å². The van der Waals surface area contributed by atoms with Crippen molar-refractivity contribution >= 4 is 11.3 Å². The van der Waals surface area contributed by atoms with Gasteiger partial charge in [0.15, 0.2) is 0 Å². The fourth-order valence-corrected chi connectivity index (χ4v) is 4.88. The second-order valence-electron chi connectivity index (χ2n) is 9.71. The van der Waals surface area contributed by atoms with Gasteiger partial charge in [0.25, 0.3) is 0 Å². The van der Waals surface area contributed by atoms with Gasteiger partial charge in [0, 0.05) is 18.4 Å². The van der Waals surface area contributed by atoms with Crippen molar-refractivity contribution in [2.45, 2.75) is 40.5 Å². The molecule has 0 bridgehead atoms. The van der Waals surface area contributed by atoms with Crippen LogP contribution in [-0.4, -0.2) is 7.05 Å². The number of benzene rings is 3. The molecule has 3 aromatic rings. The lowest BCUT2D eigenvalue weighted by Gasteiger charge is -2.25. The van der Waals surface area contributed by atoms with Crippen LogP contribution in [0.25, 0.3) is 16.7 Å². The van der Waals surface area contributed by atoms with Gasteiger partial charge in [-0.1, -0.05) is 85.0 Å². The molecule has 0 aliphatic heterocycles. The lowest BCUT2D eigenvalue weighted by molar-refractivity contribution is 1.03. The van der Waals surface area contributed by atoms with Crippen molar-refractivity contribution in [3.8, 4) is 11.1 Å². The predicted molar refractivity (Wildman–Crippen MR) is 158 cm³/mol. The second kappa shape index (κ2) is 11.3. The highest BCUT2D eigenvalue weighted by molar-refractivity contribution is 5.79. The SMILES string of the molecule is C=C/C=C\C(=C(/C)C1=CCCC(c2ccc(C)c(-c3ccccc3C)c2)=C1)N(C)c1ccc(C)cc1. The van der Waals surface area contributed by atoms with Crippen molar-refractivity contribution in [3.63, 3.8) is 0 Å². The van der Waals surface area contributed by atoms with Gasteiger partial charge < -0.3 is 4.90 Å². The summed E-state index contributed by atoms with van der Waals surface area (Å²) in [6.07, 6.45) is 12.9. The largest absolute Gasteiger partial charge is 0.344 e. The number of allylic oxidation sites excluding steroid dienone is 8. The molecule has 4 rings (SSSR count). The van der Waals surface area contributed by atoms with Crippen molar-refractivity contribution in [2.75, 3.05) is 11.9 Å². The molecule has 1 aliphatic rings. The van der Waals surface area contributed by atoms with E-state index < -0.39 is 0 Å². The Labute approximate surface area is 217 Å². The molecule has 182 valence electrons. The average Bonchev–Trinajstić information content (AvgIpc) is 2.90. The number of rotatable bonds is 7. The minimum atomic E-state index is 1.04.